The Labute approximate surface area is 114 Å². The third-order valence-corrected chi connectivity index (χ3v) is 4.01. The molecular weight excluding hydrogens is 242 g/mol. The molecule has 1 aliphatic carbocycles. The van der Waals surface area contributed by atoms with E-state index in [0.29, 0.717) is 11.7 Å². The Balaban J connectivity index is 2.12. The maximum absolute atomic E-state index is 10.5. The predicted molar refractivity (Wildman–Crippen MR) is 73.1 cm³/mol. The molecule has 2 rings (SSSR count). The highest BCUT2D eigenvalue weighted by Crippen LogP contribution is 2.34. The van der Waals surface area contributed by atoms with Gasteiger partial charge >= 0.3 is 0 Å². The van der Waals surface area contributed by atoms with E-state index in [1.165, 1.54) is 19.3 Å². The lowest BCUT2D eigenvalue weighted by Gasteiger charge is -2.32. The third kappa shape index (κ3) is 3.45. The Bertz CT molecular complexity index is 391. The topological polar surface area (TPSA) is 51.6 Å². The van der Waals surface area contributed by atoms with Crippen LogP contribution in [0.3, 0.4) is 0 Å². The Morgan fingerprint density at radius 3 is 2.58 bits per heavy atom. The fraction of sp³-hybridized carbons (Fsp3) is 0.667. The van der Waals surface area contributed by atoms with Crippen molar-refractivity contribution < 1.29 is 14.6 Å². The molecule has 1 aromatic heterocycles. The lowest BCUT2D eigenvalue weighted by molar-refractivity contribution is -0.0560. The molecular formula is C15H23NO3. The number of aliphatic hydroxyl groups is 1. The summed E-state index contributed by atoms with van der Waals surface area (Å²) in [5.74, 6) is 1.09. The van der Waals surface area contributed by atoms with Gasteiger partial charge in [-0.1, -0.05) is 19.3 Å². The van der Waals surface area contributed by atoms with Gasteiger partial charge in [0.05, 0.1) is 19.4 Å². The molecule has 0 spiro atoms. The zero-order valence-corrected chi connectivity index (χ0v) is 11.7. The van der Waals surface area contributed by atoms with Gasteiger partial charge in [-0.25, -0.2) is 0 Å². The smallest absolute Gasteiger partial charge is 0.137 e. The number of aromatic nitrogens is 1. The van der Waals surface area contributed by atoms with Gasteiger partial charge in [-0.15, -0.1) is 0 Å². The summed E-state index contributed by atoms with van der Waals surface area (Å²) in [5.41, 5.74) is 0.761. The first kappa shape index (κ1) is 14.3. The molecule has 2 unspecified atom stereocenters. The van der Waals surface area contributed by atoms with Gasteiger partial charge < -0.3 is 14.6 Å². The fourth-order valence-corrected chi connectivity index (χ4v) is 2.94. The van der Waals surface area contributed by atoms with Crippen LogP contribution in [0.25, 0.3) is 0 Å². The number of nitrogens with zero attached hydrogens (tertiary/aromatic N) is 1. The summed E-state index contributed by atoms with van der Waals surface area (Å²) in [5, 5.41) is 10.5. The van der Waals surface area contributed by atoms with E-state index in [4.69, 9.17) is 9.47 Å². The molecule has 1 aromatic rings. The fourth-order valence-electron chi connectivity index (χ4n) is 2.94. The minimum Gasteiger partial charge on any atom is -0.495 e. The van der Waals surface area contributed by atoms with Crippen LogP contribution in [0, 0.1) is 5.92 Å². The summed E-state index contributed by atoms with van der Waals surface area (Å²) in [6.45, 7) is 0. The molecule has 4 nitrogen and oxygen atoms in total. The monoisotopic (exact) mass is 265 g/mol. The van der Waals surface area contributed by atoms with Crippen LogP contribution >= 0.6 is 0 Å². The van der Waals surface area contributed by atoms with E-state index in [9.17, 15) is 5.11 Å². The second-order valence-electron chi connectivity index (χ2n) is 5.20. The highest BCUT2D eigenvalue weighted by Gasteiger charge is 2.30. The van der Waals surface area contributed by atoms with E-state index in [2.05, 4.69) is 4.98 Å². The second-order valence-corrected chi connectivity index (χ2v) is 5.20. The zero-order chi connectivity index (χ0) is 13.7. The average molecular weight is 265 g/mol. The van der Waals surface area contributed by atoms with Crippen LogP contribution in [-0.2, 0) is 4.74 Å². The number of hydrogen-bond donors (Lipinski definition) is 1. The molecule has 1 N–H and O–H groups in total. The minimum atomic E-state index is -0.643. The summed E-state index contributed by atoms with van der Waals surface area (Å²) in [4.78, 5) is 4.10. The average Bonchev–Trinajstić information content (AvgIpc) is 2.49. The first-order valence-corrected chi connectivity index (χ1v) is 6.96. The quantitative estimate of drug-likeness (QED) is 0.889. The van der Waals surface area contributed by atoms with Gasteiger partial charge in [0.15, 0.2) is 0 Å². The summed E-state index contributed by atoms with van der Waals surface area (Å²) in [6.07, 6.45) is 8.54. The molecule has 19 heavy (non-hydrogen) atoms. The van der Waals surface area contributed by atoms with E-state index in [1.807, 2.05) is 6.07 Å². The van der Waals surface area contributed by atoms with Crippen LogP contribution in [0.4, 0.5) is 0 Å². The molecule has 1 fully saturated rings. The standard InChI is InChI=1S/C15H23NO3/c1-18-13-8-12(9-16-10-13)14(17)15(19-2)11-6-4-3-5-7-11/h8-11,14-15,17H,3-7H2,1-2H3. The van der Waals surface area contributed by atoms with E-state index in [-0.39, 0.29) is 6.10 Å². The molecule has 0 aliphatic heterocycles. The van der Waals surface area contributed by atoms with Crippen LogP contribution in [0.1, 0.15) is 43.8 Å². The summed E-state index contributed by atoms with van der Waals surface area (Å²) >= 11 is 0. The molecule has 1 saturated carbocycles. The molecule has 0 bridgehead atoms. The molecule has 0 saturated heterocycles. The summed E-state index contributed by atoms with van der Waals surface area (Å²) in [7, 11) is 3.28. The molecule has 1 heterocycles. The van der Waals surface area contributed by atoms with Crippen LogP contribution in [0.2, 0.25) is 0 Å². The van der Waals surface area contributed by atoms with Gasteiger partial charge in [0.1, 0.15) is 11.9 Å². The third-order valence-electron chi connectivity index (χ3n) is 4.01. The van der Waals surface area contributed by atoms with Crippen molar-refractivity contribution in [2.24, 2.45) is 5.92 Å². The Kier molecular flexibility index (Phi) is 5.16. The summed E-state index contributed by atoms with van der Waals surface area (Å²) in [6, 6.07) is 1.83. The maximum Gasteiger partial charge on any atom is 0.137 e. The predicted octanol–water partition coefficient (Wildman–Crippen LogP) is 2.72. The van der Waals surface area contributed by atoms with Gasteiger partial charge in [0.25, 0.3) is 0 Å². The van der Waals surface area contributed by atoms with Crippen molar-refractivity contribution in [2.45, 2.75) is 44.3 Å². The normalized spacial score (nSPS) is 19.9. The van der Waals surface area contributed by atoms with Crippen molar-refractivity contribution in [1.82, 2.24) is 4.98 Å². The first-order valence-electron chi connectivity index (χ1n) is 6.96. The van der Waals surface area contributed by atoms with Crippen molar-refractivity contribution in [3.05, 3.63) is 24.0 Å². The van der Waals surface area contributed by atoms with Gasteiger partial charge in [0, 0.05) is 18.9 Å². The second kappa shape index (κ2) is 6.87. The van der Waals surface area contributed by atoms with Crippen LogP contribution < -0.4 is 4.74 Å². The van der Waals surface area contributed by atoms with Gasteiger partial charge in [-0.05, 0) is 24.8 Å². The van der Waals surface area contributed by atoms with Crippen molar-refractivity contribution in [3.8, 4) is 5.75 Å². The SMILES string of the molecule is COc1cncc(C(O)C(OC)C2CCCCC2)c1. The van der Waals surface area contributed by atoms with Gasteiger partial charge in [0.2, 0.25) is 0 Å². The highest BCUT2D eigenvalue weighted by molar-refractivity contribution is 5.25. The Hall–Kier alpha value is -1.13. The Morgan fingerprint density at radius 1 is 1.21 bits per heavy atom. The molecule has 0 aromatic carbocycles. The Morgan fingerprint density at radius 2 is 1.95 bits per heavy atom. The van der Waals surface area contributed by atoms with Crippen LogP contribution in [-0.4, -0.2) is 30.4 Å². The van der Waals surface area contributed by atoms with Crippen molar-refractivity contribution in [2.75, 3.05) is 14.2 Å². The van der Waals surface area contributed by atoms with Crippen molar-refractivity contribution >= 4 is 0 Å². The lowest BCUT2D eigenvalue weighted by Crippen LogP contribution is -2.31. The number of ether oxygens (including phenoxy) is 2. The van der Waals surface area contributed by atoms with E-state index in [1.54, 1.807) is 26.6 Å². The van der Waals surface area contributed by atoms with Crippen molar-refractivity contribution in [1.29, 1.82) is 0 Å². The highest BCUT2D eigenvalue weighted by atomic mass is 16.5. The lowest BCUT2D eigenvalue weighted by atomic mass is 9.82. The van der Waals surface area contributed by atoms with Gasteiger partial charge in [-0.2, -0.15) is 0 Å². The maximum atomic E-state index is 10.5. The zero-order valence-electron chi connectivity index (χ0n) is 11.7. The minimum absolute atomic E-state index is 0.158. The van der Waals surface area contributed by atoms with E-state index < -0.39 is 6.10 Å². The molecule has 0 amide bonds. The number of hydrogen-bond acceptors (Lipinski definition) is 4. The first-order chi connectivity index (χ1) is 9.26. The number of methoxy groups -OCH3 is 2. The number of pyridine rings is 1. The van der Waals surface area contributed by atoms with Crippen molar-refractivity contribution in [3.63, 3.8) is 0 Å². The molecule has 106 valence electrons. The number of rotatable bonds is 5. The van der Waals surface area contributed by atoms with E-state index >= 15 is 0 Å². The van der Waals surface area contributed by atoms with Gasteiger partial charge in [-0.3, -0.25) is 4.98 Å². The number of aliphatic hydroxyl groups excluding tert-OH is 1. The van der Waals surface area contributed by atoms with E-state index in [0.717, 1.165) is 18.4 Å². The summed E-state index contributed by atoms with van der Waals surface area (Å²) < 4.78 is 10.7. The molecule has 0 radical (unpaired) electrons. The van der Waals surface area contributed by atoms with Crippen LogP contribution in [0.5, 0.6) is 5.75 Å². The molecule has 1 aliphatic rings. The molecule has 2 atom stereocenters. The molecule has 4 heteroatoms. The largest absolute Gasteiger partial charge is 0.495 e. The van der Waals surface area contributed by atoms with Crippen LogP contribution in [0.15, 0.2) is 18.5 Å².